The summed E-state index contributed by atoms with van der Waals surface area (Å²) in [6.07, 6.45) is 0.937. The lowest BCUT2D eigenvalue weighted by Gasteiger charge is -2.20. The Labute approximate surface area is 124 Å². The molecule has 1 aliphatic rings. The van der Waals surface area contributed by atoms with E-state index in [1.807, 2.05) is 14.0 Å². The number of carbonyl (C=O) groups is 1. The molecule has 0 aliphatic carbocycles. The molecule has 118 valence electrons. The van der Waals surface area contributed by atoms with E-state index in [1.165, 1.54) is 0 Å². The van der Waals surface area contributed by atoms with Crippen LogP contribution in [0.4, 0.5) is 0 Å². The average Bonchev–Trinajstić information content (AvgIpc) is 2.94. The SMILES string of the molecule is COc1c(CNC[C@@H](O)CN2CCCC2=O)c(C)nn1C. The molecule has 0 radical (unpaired) electrons. The molecule has 7 nitrogen and oxygen atoms in total. The normalized spacial score (nSPS) is 16.6. The molecule has 0 bridgehead atoms. The lowest BCUT2D eigenvalue weighted by atomic mass is 10.2. The van der Waals surface area contributed by atoms with Crippen LogP contribution in [0.15, 0.2) is 0 Å². The monoisotopic (exact) mass is 296 g/mol. The van der Waals surface area contributed by atoms with Crippen LogP contribution < -0.4 is 10.1 Å². The van der Waals surface area contributed by atoms with Crippen molar-refractivity contribution in [3.8, 4) is 5.88 Å². The minimum absolute atomic E-state index is 0.138. The Hall–Kier alpha value is -1.60. The first-order valence-corrected chi connectivity index (χ1v) is 7.26. The van der Waals surface area contributed by atoms with Gasteiger partial charge in [0.2, 0.25) is 11.8 Å². The standard InChI is InChI=1S/C14H24N4O3/c1-10-12(14(21-3)17(2)16-10)8-15-7-11(19)9-18-6-4-5-13(18)20/h11,15,19H,4-9H2,1-3H3/t11-/m1/s1. The minimum Gasteiger partial charge on any atom is -0.481 e. The van der Waals surface area contributed by atoms with Crippen LogP contribution in [0.5, 0.6) is 5.88 Å². The van der Waals surface area contributed by atoms with Gasteiger partial charge in [-0.25, -0.2) is 4.68 Å². The van der Waals surface area contributed by atoms with Crippen LogP contribution in [0.25, 0.3) is 0 Å². The third-order valence-electron chi connectivity index (χ3n) is 3.77. The van der Waals surface area contributed by atoms with E-state index in [0.29, 0.717) is 26.1 Å². The Morgan fingerprint density at radius 1 is 1.52 bits per heavy atom. The molecule has 1 saturated heterocycles. The molecule has 1 aromatic heterocycles. The molecule has 1 aliphatic heterocycles. The fourth-order valence-corrected chi connectivity index (χ4v) is 2.72. The fourth-order valence-electron chi connectivity index (χ4n) is 2.72. The van der Waals surface area contributed by atoms with E-state index in [0.717, 1.165) is 30.1 Å². The number of methoxy groups -OCH3 is 1. The number of aryl methyl sites for hydroxylation is 2. The van der Waals surface area contributed by atoms with E-state index in [2.05, 4.69) is 10.4 Å². The third-order valence-corrected chi connectivity index (χ3v) is 3.77. The zero-order valence-corrected chi connectivity index (χ0v) is 12.9. The molecular weight excluding hydrogens is 272 g/mol. The van der Waals surface area contributed by atoms with Crippen LogP contribution in [0.3, 0.4) is 0 Å². The number of β-amino-alcohol motifs (C(OH)–C–C–N with tert-alkyl or cyclic N) is 1. The molecule has 7 heteroatoms. The van der Waals surface area contributed by atoms with Gasteiger partial charge in [-0.3, -0.25) is 4.79 Å². The number of hydrogen-bond donors (Lipinski definition) is 2. The first kappa shape index (κ1) is 15.8. The summed E-state index contributed by atoms with van der Waals surface area (Å²) in [5.41, 5.74) is 1.90. The maximum atomic E-state index is 11.5. The first-order valence-electron chi connectivity index (χ1n) is 7.26. The van der Waals surface area contributed by atoms with Gasteiger partial charge in [-0.05, 0) is 13.3 Å². The highest BCUT2D eigenvalue weighted by Crippen LogP contribution is 2.20. The van der Waals surface area contributed by atoms with E-state index >= 15 is 0 Å². The highest BCUT2D eigenvalue weighted by atomic mass is 16.5. The highest BCUT2D eigenvalue weighted by molar-refractivity contribution is 5.78. The summed E-state index contributed by atoms with van der Waals surface area (Å²) in [7, 11) is 3.46. The van der Waals surface area contributed by atoms with Gasteiger partial charge < -0.3 is 20.1 Å². The van der Waals surface area contributed by atoms with E-state index in [4.69, 9.17) is 4.74 Å². The molecule has 0 saturated carbocycles. The van der Waals surface area contributed by atoms with Crippen molar-refractivity contribution < 1.29 is 14.6 Å². The smallest absolute Gasteiger partial charge is 0.222 e. The second-order valence-corrected chi connectivity index (χ2v) is 5.42. The number of rotatable bonds is 7. The minimum atomic E-state index is -0.560. The molecule has 2 heterocycles. The zero-order valence-electron chi connectivity index (χ0n) is 12.9. The van der Waals surface area contributed by atoms with Crippen LogP contribution in [0, 0.1) is 6.92 Å². The van der Waals surface area contributed by atoms with E-state index in [-0.39, 0.29) is 5.91 Å². The number of hydrogen-bond acceptors (Lipinski definition) is 5. The second kappa shape index (κ2) is 6.91. The quantitative estimate of drug-likeness (QED) is 0.729. The molecule has 0 spiro atoms. The van der Waals surface area contributed by atoms with Gasteiger partial charge in [0.1, 0.15) is 0 Å². The van der Waals surface area contributed by atoms with Gasteiger partial charge in [0.15, 0.2) is 0 Å². The van der Waals surface area contributed by atoms with Gasteiger partial charge in [0.05, 0.1) is 24.5 Å². The molecule has 1 amide bonds. The van der Waals surface area contributed by atoms with E-state index < -0.39 is 6.10 Å². The Kier molecular flexibility index (Phi) is 5.19. The van der Waals surface area contributed by atoms with Crippen molar-refractivity contribution in [2.45, 2.75) is 32.4 Å². The summed E-state index contributed by atoms with van der Waals surface area (Å²) in [6, 6.07) is 0. The van der Waals surface area contributed by atoms with Gasteiger partial charge in [-0.15, -0.1) is 0 Å². The molecule has 1 fully saturated rings. The van der Waals surface area contributed by atoms with Gasteiger partial charge in [0.25, 0.3) is 0 Å². The Morgan fingerprint density at radius 3 is 2.90 bits per heavy atom. The van der Waals surface area contributed by atoms with Gasteiger partial charge in [-0.1, -0.05) is 0 Å². The number of nitrogens with one attached hydrogen (secondary N) is 1. The molecule has 0 unspecified atom stereocenters. The number of aromatic nitrogens is 2. The maximum Gasteiger partial charge on any atom is 0.222 e. The number of carbonyl (C=O) groups excluding carboxylic acids is 1. The van der Waals surface area contributed by atoms with Crippen molar-refractivity contribution in [1.82, 2.24) is 20.0 Å². The second-order valence-electron chi connectivity index (χ2n) is 5.42. The van der Waals surface area contributed by atoms with Crippen LogP contribution >= 0.6 is 0 Å². The highest BCUT2D eigenvalue weighted by Gasteiger charge is 2.22. The van der Waals surface area contributed by atoms with Crippen LogP contribution in [-0.4, -0.2) is 58.5 Å². The lowest BCUT2D eigenvalue weighted by Crippen LogP contribution is -2.38. The predicted octanol–water partition coefficient (Wildman–Crippen LogP) is -0.190. The summed E-state index contributed by atoms with van der Waals surface area (Å²) in [5.74, 6) is 0.864. The molecule has 2 N–H and O–H groups in total. The molecule has 2 rings (SSSR count). The van der Waals surface area contributed by atoms with Crippen molar-refractivity contribution in [3.05, 3.63) is 11.3 Å². The van der Waals surface area contributed by atoms with E-state index in [9.17, 15) is 9.90 Å². The summed E-state index contributed by atoms with van der Waals surface area (Å²) < 4.78 is 7.02. The summed E-state index contributed by atoms with van der Waals surface area (Å²) >= 11 is 0. The number of likely N-dealkylation sites (tertiary alicyclic amines) is 1. The Bertz CT molecular complexity index is 501. The number of aliphatic hydroxyl groups excluding tert-OH is 1. The summed E-state index contributed by atoms with van der Waals surface area (Å²) in [5, 5.41) is 17.5. The van der Waals surface area contributed by atoms with Gasteiger partial charge >= 0.3 is 0 Å². The van der Waals surface area contributed by atoms with Crippen molar-refractivity contribution in [2.24, 2.45) is 7.05 Å². The lowest BCUT2D eigenvalue weighted by molar-refractivity contribution is -0.128. The van der Waals surface area contributed by atoms with Crippen molar-refractivity contribution in [3.63, 3.8) is 0 Å². The maximum absolute atomic E-state index is 11.5. The van der Waals surface area contributed by atoms with Crippen LogP contribution in [0.1, 0.15) is 24.1 Å². The van der Waals surface area contributed by atoms with Crippen molar-refractivity contribution in [2.75, 3.05) is 26.7 Å². The molecule has 21 heavy (non-hydrogen) atoms. The zero-order chi connectivity index (χ0) is 15.4. The van der Waals surface area contributed by atoms with Crippen LogP contribution in [0.2, 0.25) is 0 Å². The van der Waals surface area contributed by atoms with Crippen LogP contribution in [-0.2, 0) is 18.4 Å². The molecular formula is C14H24N4O3. The van der Waals surface area contributed by atoms with Crippen molar-refractivity contribution >= 4 is 5.91 Å². The number of ether oxygens (including phenoxy) is 1. The van der Waals surface area contributed by atoms with Crippen molar-refractivity contribution in [1.29, 1.82) is 0 Å². The molecule has 1 atom stereocenters. The number of aliphatic hydroxyl groups is 1. The Balaban J connectivity index is 1.80. The first-order chi connectivity index (χ1) is 10.0. The third kappa shape index (κ3) is 3.74. The topological polar surface area (TPSA) is 79.6 Å². The molecule has 1 aromatic rings. The predicted molar refractivity (Wildman–Crippen MR) is 78.0 cm³/mol. The van der Waals surface area contributed by atoms with Gasteiger partial charge in [-0.2, -0.15) is 5.10 Å². The molecule has 0 aromatic carbocycles. The summed E-state index contributed by atoms with van der Waals surface area (Å²) in [6.45, 7) is 4.09. The average molecular weight is 296 g/mol. The number of amides is 1. The fraction of sp³-hybridized carbons (Fsp3) is 0.714. The van der Waals surface area contributed by atoms with E-state index in [1.54, 1.807) is 16.7 Å². The van der Waals surface area contributed by atoms with Gasteiger partial charge in [0, 0.05) is 39.6 Å². The Morgan fingerprint density at radius 2 is 2.29 bits per heavy atom. The summed E-state index contributed by atoms with van der Waals surface area (Å²) in [4.78, 5) is 13.2. The largest absolute Gasteiger partial charge is 0.481 e. The number of nitrogens with zero attached hydrogens (tertiary/aromatic N) is 3.